The second-order valence-corrected chi connectivity index (χ2v) is 6.53. The van der Waals surface area contributed by atoms with Gasteiger partial charge in [0.25, 0.3) is 11.6 Å². The average molecular weight is 385 g/mol. The summed E-state index contributed by atoms with van der Waals surface area (Å²) in [6, 6.07) is 4.24. The minimum atomic E-state index is -4.64. The van der Waals surface area contributed by atoms with Gasteiger partial charge in [-0.05, 0) is 23.6 Å². The number of alkyl halides is 3. The van der Waals surface area contributed by atoms with Crippen molar-refractivity contribution in [3.05, 3.63) is 56.3 Å². The van der Waals surface area contributed by atoms with Crippen molar-refractivity contribution in [3.8, 4) is 0 Å². The monoisotopic (exact) mass is 385 g/mol. The van der Waals surface area contributed by atoms with Gasteiger partial charge in [0, 0.05) is 37.6 Å². The molecule has 1 aliphatic rings. The number of nitro groups is 1. The molecule has 0 saturated carbocycles. The minimum Gasteiger partial charge on any atom is -0.362 e. The van der Waals surface area contributed by atoms with E-state index in [2.05, 4.69) is 0 Å². The van der Waals surface area contributed by atoms with E-state index in [1.54, 1.807) is 26.6 Å². The van der Waals surface area contributed by atoms with E-state index < -0.39 is 22.4 Å². The van der Waals surface area contributed by atoms with Gasteiger partial charge in [0.1, 0.15) is 5.69 Å². The summed E-state index contributed by atoms with van der Waals surface area (Å²) >= 11 is 1.41. The number of amides is 1. The third-order valence-corrected chi connectivity index (χ3v) is 4.86. The summed E-state index contributed by atoms with van der Waals surface area (Å²) < 4.78 is 38.4. The number of halogens is 3. The van der Waals surface area contributed by atoms with Gasteiger partial charge in [-0.2, -0.15) is 24.5 Å². The number of carbonyl (C=O) groups excluding carboxylic acids is 1. The molecule has 1 aliphatic heterocycles. The number of nitro benzene ring substituents is 1. The Kier molecular flexibility index (Phi) is 4.86. The molecule has 1 fully saturated rings. The first-order valence-electron chi connectivity index (χ1n) is 7.69. The Hall–Kier alpha value is -2.62. The molecule has 2 aromatic rings. The number of hydrogen-bond donors (Lipinski definition) is 0. The van der Waals surface area contributed by atoms with Gasteiger partial charge >= 0.3 is 6.18 Å². The topological polar surface area (TPSA) is 66.7 Å². The predicted octanol–water partition coefficient (Wildman–Crippen LogP) is 3.64. The van der Waals surface area contributed by atoms with Gasteiger partial charge in [-0.3, -0.25) is 14.9 Å². The highest BCUT2D eigenvalue weighted by Crippen LogP contribution is 2.36. The summed E-state index contributed by atoms with van der Waals surface area (Å²) in [5, 5.41) is 14.8. The lowest BCUT2D eigenvalue weighted by Gasteiger charge is -2.35. The van der Waals surface area contributed by atoms with Crippen molar-refractivity contribution in [2.75, 3.05) is 31.1 Å². The van der Waals surface area contributed by atoms with Crippen LogP contribution in [0.4, 0.5) is 24.5 Å². The SMILES string of the molecule is O=C(c1ccsc1)N1CCN(c2ccc(C(F)(F)F)cc2[N+](=O)[O-])CC1. The molecule has 1 aromatic heterocycles. The zero-order valence-corrected chi connectivity index (χ0v) is 14.2. The maximum Gasteiger partial charge on any atom is 0.416 e. The third-order valence-electron chi connectivity index (χ3n) is 4.18. The lowest BCUT2D eigenvalue weighted by Crippen LogP contribution is -2.48. The van der Waals surface area contributed by atoms with E-state index >= 15 is 0 Å². The van der Waals surface area contributed by atoms with Gasteiger partial charge in [0.15, 0.2) is 0 Å². The lowest BCUT2D eigenvalue weighted by atomic mass is 10.1. The fraction of sp³-hybridized carbons (Fsp3) is 0.312. The fourth-order valence-corrected chi connectivity index (χ4v) is 3.46. The molecule has 0 N–H and O–H groups in total. The van der Waals surface area contributed by atoms with Gasteiger partial charge in [-0.1, -0.05) is 0 Å². The number of benzene rings is 1. The molecule has 0 atom stereocenters. The highest BCUT2D eigenvalue weighted by atomic mass is 32.1. The summed E-state index contributed by atoms with van der Waals surface area (Å²) in [6.45, 7) is 1.30. The molecule has 3 rings (SSSR count). The van der Waals surface area contributed by atoms with Crippen molar-refractivity contribution in [2.24, 2.45) is 0 Å². The smallest absolute Gasteiger partial charge is 0.362 e. The Morgan fingerprint density at radius 2 is 1.85 bits per heavy atom. The van der Waals surface area contributed by atoms with Crippen LogP contribution in [0.25, 0.3) is 0 Å². The number of anilines is 1. The van der Waals surface area contributed by atoms with Crippen LogP contribution in [0.15, 0.2) is 35.0 Å². The van der Waals surface area contributed by atoms with Crippen molar-refractivity contribution < 1.29 is 22.9 Å². The van der Waals surface area contributed by atoms with Crippen LogP contribution in [0.5, 0.6) is 0 Å². The van der Waals surface area contributed by atoms with Crippen LogP contribution in [0.2, 0.25) is 0 Å². The zero-order chi connectivity index (χ0) is 18.9. The van der Waals surface area contributed by atoms with Crippen molar-refractivity contribution in [3.63, 3.8) is 0 Å². The zero-order valence-electron chi connectivity index (χ0n) is 13.4. The van der Waals surface area contributed by atoms with Crippen LogP contribution in [-0.2, 0) is 6.18 Å². The molecule has 0 radical (unpaired) electrons. The second kappa shape index (κ2) is 6.94. The van der Waals surface area contributed by atoms with Gasteiger partial charge in [0.2, 0.25) is 0 Å². The molecule has 0 unspecified atom stereocenters. The Morgan fingerprint density at radius 3 is 2.38 bits per heavy atom. The van der Waals surface area contributed by atoms with E-state index in [0.29, 0.717) is 37.8 Å². The Labute approximate surface area is 150 Å². The van der Waals surface area contributed by atoms with Crippen LogP contribution >= 0.6 is 11.3 Å². The van der Waals surface area contributed by atoms with Crippen molar-refractivity contribution in [1.29, 1.82) is 0 Å². The minimum absolute atomic E-state index is 0.118. The van der Waals surface area contributed by atoms with E-state index in [1.807, 2.05) is 0 Å². The summed E-state index contributed by atoms with van der Waals surface area (Å²) in [6.07, 6.45) is -4.64. The number of carbonyl (C=O) groups is 1. The molecular formula is C16H14F3N3O3S. The molecule has 0 spiro atoms. The number of piperazine rings is 1. The van der Waals surface area contributed by atoms with E-state index in [1.165, 1.54) is 11.3 Å². The molecule has 1 saturated heterocycles. The summed E-state index contributed by atoms with van der Waals surface area (Å²) in [5.74, 6) is -0.118. The molecule has 138 valence electrons. The summed E-state index contributed by atoms with van der Waals surface area (Å²) in [5.41, 5.74) is -0.925. The first kappa shape index (κ1) is 18.2. The van der Waals surface area contributed by atoms with Crippen LogP contribution in [0.1, 0.15) is 15.9 Å². The number of thiophene rings is 1. The van der Waals surface area contributed by atoms with E-state index in [-0.39, 0.29) is 11.6 Å². The maximum absolute atomic E-state index is 12.8. The summed E-state index contributed by atoms with van der Waals surface area (Å²) in [4.78, 5) is 26.0. The van der Waals surface area contributed by atoms with Crippen molar-refractivity contribution in [2.45, 2.75) is 6.18 Å². The Bertz CT molecular complexity index is 816. The highest BCUT2D eigenvalue weighted by Gasteiger charge is 2.34. The number of rotatable bonds is 3. The Morgan fingerprint density at radius 1 is 1.15 bits per heavy atom. The molecule has 26 heavy (non-hydrogen) atoms. The van der Waals surface area contributed by atoms with Crippen molar-refractivity contribution >= 4 is 28.6 Å². The standard InChI is InChI=1S/C16H14F3N3O3S/c17-16(18,19)12-1-2-13(14(9-12)22(24)25)20-4-6-21(7-5-20)15(23)11-3-8-26-10-11/h1-3,8-10H,4-7H2. The largest absolute Gasteiger partial charge is 0.416 e. The molecule has 6 nitrogen and oxygen atoms in total. The molecule has 0 bridgehead atoms. The van der Waals surface area contributed by atoms with Crippen LogP contribution in [0.3, 0.4) is 0 Å². The Balaban J connectivity index is 1.77. The average Bonchev–Trinajstić information content (AvgIpc) is 3.14. The normalized spacial score (nSPS) is 15.2. The molecule has 0 aliphatic carbocycles. The highest BCUT2D eigenvalue weighted by molar-refractivity contribution is 7.08. The molecule has 2 heterocycles. The van der Waals surface area contributed by atoms with Crippen LogP contribution in [-0.4, -0.2) is 41.9 Å². The first-order chi connectivity index (χ1) is 12.3. The lowest BCUT2D eigenvalue weighted by molar-refractivity contribution is -0.384. The molecule has 1 amide bonds. The predicted molar refractivity (Wildman–Crippen MR) is 90.5 cm³/mol. The van der Waals surface area contributed by atoms with Gasteiger partial charge in [-0.25, -0.2) is 0 Å². The van der Waals surface area contributed by atoms with Gasteiger partial charge in [-0.15, -0.1) is 0 Å². The van der Waals surface area contributed by atoms with Crippen LogP contribution < -0.4 is 4.90 Å². The molecule has 1 aromatic carbocycles. The number of hydrogen-bond acceptors (Lipinski definition) is 5. The van der Waals surface area contributed by atoms with Crippen LogP contribution in [0, 0.1) is 10.1 Å². The van der Waals surface area contributed by atoms with Gasteiger partial charge < -0.3 is 9.80 Å². The van der Waals surface area contributed by atoms with E-state index in [0.717, 1.165) is 12.1 Å². The molecule has 10 heteroatoms. The van der Waals surface area contributed by atoms with Gasteiger partial charge in [0.05, 0.1) is 16.1 Å². The van der Waals surface area contributed by atoms with Crippen molar-refractivity contribution in [1.82, 2.24) is 4.90 Å². The van der Waals surface area contributed by atoms with E-state index in [4.69, 9.17) is 0 Å². The quantitative estimate of drug-likeness (QED) is 0.598. The number of nitrogens with zero attached hydrogens (tertiary/aromatic N) is 3. The first-order valence-corrected chi connectivity index (χ1v) is 8.63. The second-order valence-electron chi connectivity index (χ2n) is 5.75. The molecular weight excluding hydrogens is 371 g/mol. The van der Waals surface area contributed by atoms with E-state index in [9.17, 15) is 28.1 Å². The maximum atomic E-state index is 12.8. The summed E-state index contributed by atoms with van der Waals surface area (Å²) in [7, 11) is 0. The fourth-order valence-electron chi connectivity index (χ4n) is 2.83. The third kappa shape index (κ3) is 3.64.